The number of benzene rings is 1. The van der Waals surface area contributed by atoms with E-state index in [0.29, 0.717) is 12.4 Å². The summed E-state index contributed by atoms with van der Waals surface area (Å²) >= 11 is 1.05. The molecule has 0 saturated carbocycles. The lowest BCUT2D eigenvalue weighted by Crippen LogP contribution is -2.26. The summed E-state index contributed by atoms with van der Waals surface area (Å²) in [7, 11) is 0. The molecule has 3 rings (SSSR count). The number of thioether (sulfide) groups is 1. The lowest BCUT2D eigenvalue weighted by atomic mass is 10.2. The molecule has 2 aromatic rings. The van der Waals surface area contributed by atoms with E-state index in [4.69, 9.17) is 14.4 Å². The Morgan fingerprint density at radius 2 is 2.14 bits per heavy atom. The van der Waals surface area contributed by atoms with Crippen molar-refractivity contribution in [2.75, 3.05) is 0 Å². The number of hydrogen-bond donors (Lipinski definition) is 2. The highest BCUT2D eigenvalue weighted by Crippen LogP contribution is 2.22. The van der Waals surface area contributed by atoms with Gasteiger partial charge in [-0.25, -0.2) is 0 Å². The van der Waals surface area contributed by atoms with Gasteiger partial charge in [-0.05, 0) is 43.7 Å². The van der Waals surface area contributed by atoms with Gasteiger partial charge in [0.05, 0.1) is 23.9 Å². The van der Waals surface area contributed by atoms with Gasteiger partial charge in [0.1, 0.15) is 23.4 Å². The van der Waals surface area contributed by atoms with Crippen LogP contribution >= 0.6 is 11.8 Å². The molecule has 146 valence electrons. The minimum Gasteiger partial charge on any atom is -0.489 e. The molecule has 0 bridgehead atoms. The third kappa shape index (κ3) is 4.97. The highest BCUT2D eigenvalue weighted by molar-refractivity contribution is 8.15. The number of rotatable bonds is 7. The van der Waals surface area contributed by atoms with E-state index in [9.17, 15) is 9.59 Å². The standard InChI is InChI=1S/C18H18N4O5S/c1-10-14(11(2)27-22-10)9-26-13-5-3-12(4-6-13)8-19-21-18-20-17(25)15(28-18)7-16(23)24/h3-6,8,15H,7,9H2,1-2H3,(H,23,24)(H,20,21,25). The molecule has 0 spiro atoms. The Morgan fingerprint density at radius 1 is 1.39 bits per heavy atom. The zero-order chi connectivity index (χ0) is 20.1. The molecule has 10 heteroatoms. The lowest BCUT2D eigenvalue weighted by molar-refractivity contribution is -0.138. The number of carbonyl (C=O) groups excluding carboxylic acids is 1. The Kier molecular flexibility index (Phi) is 6.09. The quantitative estimate of drug-likeness (QED) is 0.537. The van der Waals surface area contributed by atoms with Gasteiger partial charge in [0, 0.05) is 0 Å². The Morgan fingerprint density at radius 3 is 2.79 bits per heavy atom. The Labute approximate surface area is 164 Å². The van der Waals surface area contributed by atoms with Gasteiger partial charge in [0.25, 0.3) is 0 Å². The second kappa shape index (κ2) is 8.70. The molecular weight excluding hydrogens is 384 g/mol. The number of nitrogens with zero attached hydrogens (tertiary/aromatic N) is 3. The summed E-state index contributed by atoms with van der Waals surface area (Å²) in [6.45, 7) is 4.08. The summed E-state index contributed by atoms with van der Waals surface area (Å²) in [6.07, 6.45) is 1.27. The average molecular weight is 402 g/mol. The Bertz CT molecular complexity index is 916. The second-order valence-corrected chi connectivity index (χ2v) is 7.20. The molecule has 1 aliphatic rings. The highest BCUT2D eigenvalue weighted by atomic mass is 32.2. The van der Waals surface area contributed by atoms with Crippen molar-refractivity contribution < 1.29 is 24.0 Å². The van der Waals surface area contributed by atoms with E-state index in [0.717, 1.165) is 34.3 Å². The first-order chi connectivity index (χ1) is 13.4. The van der Waals surface area contributed by atoms with Gasteiger partial charge in [-0.1, -0.05) is 16.9 Å². The maximum absolute atomic E-state index is 11.6. The first-order valence-electron chi connectivity index (χ1n) is 8.37. The molecule has 28 heavy (non-hydrogen) atoms. The largest absolute Gasteiger partial charge is 0.489 e. The molecule has 1 atom stereocenters. The van der Waals surface area contributed by atoms with E-state index in [2.05, 4.69) is 20.7 Å². The number of aromatic nitrogens is 1. The molecule has 0 aliphatic carbocycles. The van der Waals surface area contributed by atoms with Gasteiger partial charge in [-0.2, -0.15) is 5.10 Å². The predicted octanol–water partition coefficient (Wildman–Crippen LogP) is 2.27. The summed E-state index contributed by atoms with van der Waals surface area (Å²) in [4.78, 5) is 22.3. The van der Waals surface area contributed by atoms with Crippen molar-refractivity contribution in [1.82, 2.24) is 10.5 Å². The minimum atomic E-state index is -1.03. The van der Waals surface area contributed by atoms with Crippen molar-refractivity contribution in [2.24, 2.45) is 10.2 Å². The van der Waals surface area contributed by atoms with Gasteiger partial charge >= 0.3 is 5.97 Å². The van der Waals surface area contributed by atoms with Crippen LogP contribution < -0.4 is 10.1 Å². The van der Waals surface area contributed by atoms with Crippen molar-refractivity contribution in [3.05, 3.63) is 46.8 Å². The van der Waals surface area contributed by atoms with Gasteiger partial charge in [0.2, 0.25) is 5.91 Å². The van der Waals surface area contributed by atoms with E-state index in [-0.39, 0.29) is 17.5 Å². The average Bonchev–Trinajstić information content (AvgIpc) is 3.16. The molecule has 2 heterocycles. The number of ether oxygens (including phenoxy) is 1. The van der Waals surface area contributed by atoms with Crippen LogP contribution in [0, 0.1) is 13.8 Å². The van der Waals surface area contributed by atoms with E-state index in [1.807, 2.05) is 38.1 Å². The number of amides is 1. The molecule has 1 saturated heterocycles. The number of carboxylic acids is 1. The van der Waals surface area contributed by atoms with Crippen LogP contribution in [0.5, 0.6) is 5.75 Å². The number of carboxylic acid groups (broad SMARTS) is 1. The number of nitrogens with one attached hydrogen (secondary N) is 1. The molecule has 0 radical (unpaired) electrons. The maximum Gasteiger partial charge on any atom is 0.305 e. The van der Waals surface area contributed by atoms with E-state index < -0.39 is 11.2 Å². The molecule has 1 aliphatic heterocycles. The van der Waals surface area contributed by atoms with Crippen molar-refractivity contribution >= 4 is 35.0 Å². The molecule has 1 aromatic carbocycles. The Balaban J connectivity index is 1.54. The molecule has 1 aromatic heterocycles. The third-order valence-electron chi connectivity index (χ3n) is 3.94. The van der Waals surface area contributed by atoms with Gasteiger partial charge in [0.15, 0.2) is 5.17 Å². The number of aryl methyl sites for hydroxylation is 2. The first-order valence-corrected chi connectivity index (χ1v) is 9.25. The summed E-state index contributed by atoms with van der Waals surface area (Å²) in [5.74, 6) is 0.0247. The smallest absolute Gasteiger partial charge is 0.305 e. The molecular formula is C18H18N4O5S. The molecule has 1 unspecified atom stereocenters. The maximum atomic E-state index is 11.6. The fourth-order valence-electron chi connectivity index (χ4n) is 2.41. The van der Waals surface area contributed by atoms with Crippen LogP contribution in [-0.4, -0.2) is 38.8 Å². The minimum absolute atomic E-state index is 0.255. The highest BCUT2D eigenvalue weighted by Gasteiger charge is 2.32. The van der Waals surface area contributed by atoms with E-state index >= 15 is 0 Å². The molecule has 1 amide bonds. The van der Waals surface area contributed by atoms with Crippen molar-refractivity contribution in [3.8, 4) is 5.75 Å². The number of carbonyl (C=O) groups is 2. The second-order valence-electron chi connectivity index (χ2n) is 6.00. The van der Waals surface area contributed by atoms with Crippen LogP contribution in [0.1, 0.15) is 29.0 Å². The fraction of sp³-hybridized carbons (Fsp3) is 0.278. The van der Waals surface area contributed by atoms with Crippen molar-refractivity contribution in [1.29, 1.82) is 0 Å². The van der Waals surface area contributed by atoms with Crippen molar-refractivity contribution in [2.45, 2.75) is 32.1 Å². The van der Waals surface area contributed by atoms with Crippen LogP contribution in [0.4, 0.5) is 0 Å². The predicted molar refractivity (Wildman–Crippen MR) is 104 cm³/mol. The molecule has 1 fully saturated rings. The Hall–Kier alpha value is -3.14. The number of amidine groups is 1. The monoisotopic (exact) mass is 402 g/mol. The lowest BCUT2D eigenvalue weighted by Gasteiger charge is -2.05. The van der Waals surface area contributed by atoms with Crippen LogP contribution in [0.15, 0.2) is 39.0 Å². The molecule has 9 nitrogen and oxygen atoms in total. The van der Waals surface area contributed by atoms with Crippen LogP contribution in [0.2, 0.25) is 0 Å². The summed E-state index contributed by atoms with van der Waals surface area (Å²) in [5.41, 5.74) is 2.53. The zero-order valence-corrected chi connectivity index (χ0v) is 16.0. The van der Waals surface area contributed by atoms with Gasteiger partial charge in [-0.3, -0.25) is 9.59 Å². The normalized spacial score (nSPS) is 18.0. The third-order valence-corrected chi connectivity index (χ3v) is 5.01. The van der Waals surface area contributed by atoms with Gasteiger partial charge < -0.3 is 19.7 Å². The van der Waals surface area contributed by atoms with Crippen molar-refractivity contribution in [3.63, 3.8) is 0 Å². The molecule has 2 N–H and O–H groups in total. The first kappa shape index (κ1) is 19.6. The summed E-state index contributed by atoms with van der Waals surface area (Å²) in [6, 6.07) is 7.25. The van der Waals surface area contributed by atoms with E-state index in [1.54, 1.807) is 0 Å². The topological polar surface area (TPSA) is 126 Å². The van der Waals surface area contributed by atoms with Crippen LogP contribution in [-0.2, 0) is 16.2 Å². The van der Waals surface area contributed by atoms with Crippen LogP contribution in [0.3, 0.4) is 0 Å². The number of aliphatic carboxylic acids is 1. The SMILES string of the molecule is Cc1noc(C)c1COc1ccc(C=NN=C2NC(=O)C(CC(=O)O)S2)cc1. The van der Waals surface area contributed by atoms with Gasteiger partial charge in [-0.15, -0.1) is 5.10 Å². The zero-order valence-electron chi connectivity index (χ0n) is 15.2. The van der Waals surface area contributed by atoms with E-state index in [1.165, 1.54) is 6.21 Å². The fourth-order valence-corrected chi connectivity index (χ4v) is 3.32. The summed E-state index contributed by atoms with van der Waals surface area (Å²) < 4.78 is 10.8. The number of hydrogen-bond acceptors (Lipinski definition) is 8. The van der Waals surface area contributed by atoms with Crippen LogP contribution in [0.25, 0.3) is 0 Å². The summed E-state index contributed by atoms with van der Waals surface area (Å²) in [5, 5.41) is 22.6.